The number of nitriles is 1. The number of nitrogens with one attached hydrogen (secondary N) is 1. The van der Waals surface area contributed by atoms with E-state index in [9.17, 15) is 10.1 Å². The van der Waals surface area contributed by atoms with Crippen LogP contribution in [0.2, 0.25) is 10.0 Å². The zero-order valence-electron chi connectivity index (χ0n) is 15.3. The SMILES string of the molecule is N#C/C(=C/N(Cc1ccccc1)c1ccccc1)C(=O)Nc1ccc(Cl)cc1Cl. The Morgan fingerprint density at radius 3 is 2.28 bits per heavy atom. The summed E-state index contributed by atoms with van der Waals surface area (Å²) in [5.74, 6) is -0.550. The summed E-state index contributed by atoms with van der Waals surface area (Å²) in [7, 11) is 0. The Morgan fingerprint density at radius 2 is 1.66 bits per heavy atom. The molecule has 0 saturated heterocycles. The third-order valence-electron chi connectivity index (χ3n) is 4.11. The minimum atomic E-state index is -0.550. The van der Waals surface area contributed by atoms with Gasteiger partial charge in [-0.05, 0) is 35.9 Å². The molecule has 3 rings (SSSR count). The number of amides is 1. The number of rotatable bonds is 6. The molecule has 3 aromatic rings. The Morgan fingerprint density at radius 1 is 1.00 bits per heavy atom. The van der Waals surface area contributed by atoms with Crippen molar-refractivity contribution in [2.24, 2.45) is 0 Å². The van der Waals surface area contributed by atoms with E-state index in [0.29, 0.717) is 22.3 Å². The second kappa shape index (κ2) is 9.79. The molecule has 1 N–H and O–H groups in total. The summed E-state index contributed by atoms with van der Waals surface area (Å²) in [6.07, 6.45) is 1.54. The van der Waals surface area contributed by atoms with Gasteiger partial charge in [0.15, 0.2) is 0 Å². The van der Waals surface area contributed by atoms with E-state index < -0.39 is 5.91 Å². The van der Waals surface area contributed by atoms with Crippen molar-refractivity contribution in [1.29, 1.82) is 5.26 Å². The summed E-state index contributed by atoms with van der Waals surface area (Å²) < 4.78 is 0. The molecule has 0 fully saturated rings. The van der Waals surface area contributed by atoms with Gasteiger partial charge in [0.2, 0.25) is 0 Å². The van der Waals surface area contributed by atoms with Crippen LogP contribution in [0.5, 0.6) is 0 Å². The van der Waals surface area contributed by atoms with Crippen LogP contribution in [0.3, 0.4) is 0 Å². The average molecular weight is 422 g/mol. The predicted octanol–water partition coefficient (Wildman–Crippen LogP) is 6.05. The molecule has 1 amide bonds. The number of carbonyl (C=O) groups is 1. The molecule has 0 radical (unpaired) electrons. The van der Waals surface area contributed by atoms with Crippen molar-refractivity contribution in [2.75, 3.05) is 10.2 Å². The fourth-order valence-corrected chi connectivity index (χ4v) is 3.14. The third-order valence-corrected chi connectivity index (χ3v) is 4.66. The standard InChI is InChI=1S/C23H17Cl2N3O/c24-19-11-12-22(21(25)13-19)27-23(29)18(14-26)16-28(20-9-5-2-6-10-20)15-17-7-3-1-4-8-17/h1-13,16H,15H2,(H,27,29)/b18-16-. The lowest BCUT2D eigenvalue weighted by Crippen LogP contribution is -2.20. The van der Waals surface area contributed by atoms with Gasteiger partial charge >= 0.3 is 0 Å². The molecule has 3 aromatic carbocycles. The van der Waals surface area contributed by atoms with Gasteiger partial charge < -0.3 is 10.2 Å². The van der Waals surface area contributed by atoms with Crippen molar-refractivity contribution < 1.29 is 4.79 Å². The monoisotopic (exact) mass is 421 g/mol. The van der Waals surface area contributed by atoms with E-state index in [1.54, 1.807) is 18.3 Å². The van der Waals surface area contributed by atoms with E-state index in [1.165, 1.54) is 6.07 Å². The first-order valence-corrected chi connectivity index (χ1v) is 9.56. The molecule has 0 aliphatic carbocycles. The minimum Gasteiger partial charge on any atom is -0.342 e. The second-order valence-electron chi connectivity index (χ2n) is 6.18. The Balaban J connectivity index is 1.89. The molecule has 0 atom stereocenters. The largest absolute Gasteiger partial charge is 0.342 e. The zero-order chi connectivity index (χ0) is 20.6. The van der Waals surface area contributed by atoms with Crippen LogP contribution in [-0.2, 0) is 11.3 Å². The second-order valence-corrected chi connectivity index (χ2v) is 7.03. The van der Waals surface area contributed by atoms with Crippen LogP contribution in [0.25, 0.3) is 0 Å². The lowest BCUT2D eigenvalue weighted by Gasteiger charge is -2.21. The first kappa shape index (κ1) is 20.5. The zero-order valence-corrected chi connectivity index (χ0v) is 16.9. The number of anilines is 2. The number of halogens is 2. The summed E-state index contributed by atoms with van der Waals surface area (Å²) in [5, 5.41) is 13.0. The van der Waals surface area contributed by atoms with Crippen LogP contribution < -0.4 is 10.2 Å². The van der Waals surface area contributed by atoms with Gasteiger partial charge in [-0.2, -0.15) is 5.26 Å². The van der Waals surface area contributed by atoms with Crippen molar-refractivity contribution >= 4 is 40.5 Å². The first-order chi connectivity index (χ1) is 14.1. The van der Waals surface area contributed by atoms with E-state index in [1.807, 2.05) is 71.6 Å². The number of hydrogen-bond donors (Lipinski definition) is 1. The highest BCUT2D eigenvalue weighted by Crippen LogP contribution is 2.26. The summed E-state index contributed by atoms with van der Waals surface area (Å²) in [6, 6.07) is 26.1. The number of benzene rings is 3. The molecular formula is C23H17Cl2N3O. The molecule has 0 aliphatic heterocycles. The van der Waals surface area contributed by atoms with Crippen LogP contribution in [0, 0.1) is 11.3 Å². The van der Waals surface area contributed by atoms with Gasteiger partial charge in [0.05, 0.1) is 10.7 Å². The molecule has 0 aromatic heterocycles. The van der Waals surface area contributed by atoms with Crippen molar-refractivity contribution in [1.82, 2.24) is 0 Å². The molecule has 0 aliphatic rings. The van der Waals surface area contributed by atoms with E-state index in [0.717, 1.165) is 11.3 Å². The van der Waals surface area contributed by atoms with Crippen LogP contribution in [0.1, 0.15) is 5.56 Å². The predicted molar refractivity (Wildman–Crippen MR) is 118 cm³/mol. The van der Waals surface area contributed by atoms with Crippen molar-refractivity contribution in [2.45, 2.75) is 6.54 Å². The smallest absolute Gasteiger partial charge is 0.267 e. The van der Waals surface area contributed by atoms with Crippen molar-refractivity contribution in [3.8, 4) is 6.07 Å². The van der Waals surface area contributed by atoms with Crippen LogP contribution in [-0.4, -0.2) is 5.91 Å². The van der Waals surface area contributed by atoms with E-state index in [4.69, 9.17) is 23.2 Å². The molecular weight excluding hydrogens is 405 g/mol. The van der Waals surface area contributed by atoms with E-state index in [-0.39, 0.29) is 5.57 Å². The Kier molecular flexibility index (Phi) is 6.91. The Bertz CT molecular complexity index is 1060. The number of para-hydroxylation sites is 1. The fourth-order valence-electron chi connectivity index (χ4n) is 2.69. The lowest BCUT2D eigenvalue weighted by molar-refractivity contribution is -0.112. The summed E-state index contributed by atoms with van der Waals surface area (Å²) in [5.41, 5.74) is 2.25. The highest BCUT2D eigenvalue weighted by Gasteiger charge is 2.14. The average Bonchev–Trinajstić information content (AvgIpc) is 2.74. The summed E-state index contributed by atoms with van der Waals surface area (Å²) in [4.78, 5) is 14.5. The maximum Gasteiger partial charge on any atom is 0.267 e. The minimum absolute atomic E-state index is 0.0456. The summed E-state index contributed by atoms with van der Waals surface area (Å²) in [6.45, 7) is 0.505. The molecule has 6 heteroatoms. The van der Waals surface area contributed by atoms with Gasteiger partial charge in [0.1, 0.15) is 11.6 Å². The topological polar surface area (TPSA) is 56.1 Å². The molecule has 0 spiro atoms. The number of hydrogen-bond acceptors (Lipinski definition) is 3. The van der Waals surface area contributed by atoms with E-state index >= 15 is 0 Å². The molecule has 29 heavy (non-hydrogen) atoms. The van der Waals surface area contributed by atoms with Gasteiger partial charge in [0.25, 0.3) is 5.91 Å². The Labute approximate surface area is 179 Å². The Hall–Kier alpha value is -3.26. The first-order valence-electron chi connectivity index (χ1n) is 8.81. The lowest BCUT2D eigenvalue weighted by atomic mass is 10.2. The molecule has 0 heterocycles. The third kappa shape index (κ3) is 5.61. The highest BCUT2D eigenvalue weighted by molar-refractivity contribution is 6.36. The number of carbonyl (C=O) groups excluding carboxylic acids is 1. The van der Waals surface area contributed by atoms with E-state index in [2.05, 4.69) is 5.32 Å². The molecule has 0 saturated carbocycles. The highest BCUT2D eigenvalue weighted by atomic mass is 35.5. The molecule has 0 unspecified atom stereocenters. The summed E-state index contributed by atoms with van der Waals surface area (Å²) >= 11 is 12.0. The molecule has 4 nitrogen and oxygen atoms in total. The maximum absolute atomic E-state index is 12.7. The van der Waals surface area contributed by atoms with Gasteiger partial charge in [-0.25, -0.2) is 0 Å². The maximum atomic E-state index is 12.7. The van der Waals surface area contributed by atoms with Crippen LogP contribution in [0.15, 0.2) is 90.6 Å². The normalized spacial score (nSPS) is 10.9. The molecule has 144 valence electrons. The van der Waals surface area contributed by atoms with Crippen LogP contribution in [0.4, 0.5) is 11.4 Å². The van der Waals surface area contributed by atoms with Gasteiger partial charge in [-0.15, -0.1) is 0 Å². The van der Waals surface area contributed by atoms with Gasteiger partial charge in [-0.3, -0.25) is 4.79 Å². The quantitative estimate of drug-likeness (QED) is 0.389. The van der Waals surface area contributed by atoms with Crippen LogP contribution >= 0.6 is 23.2 Å². The fraction of sp³-hybridized carbons (Fsp3) is 0.0435. The van der Waals surface area contributed by atoms with Gasteiger partial charge in [0, 0.05) is 23.5 Å². The molecule has 0 bridgehead atoms. The number of nitrogens with zero attached hydrogens (tertiary/aromatic N) is 2. The van der Waals surface area contributed by atoms with Crippen molar-refractivity contribution in [3.05, 3.63) is 106 Å². The van der Waals surface area contributed by atoms with Gasteiger partial charge in [-0.1, -0.05) is 71.7 Å². The van der Waals surface area contributed by atoms with Crippen molar-refractivity contribution in [3.63, 3.8) is 0 Å².